The highest BCUT2D eigenvalue weighted by Crippen LogP contribution is 2.24. The molecule has 0 bridgehead atoms. The molecule has 1 amide bonds. The first-order chi connectivity index (χ1) is 9.61. The zero-order chi connectivity index (χ0) is 14.5. The summed E-state index contributed by atoms with van der Waals surface area (Å²) in [4.78, 5) is 16.5. The fourth-order valence-electron chi connectivity index (χ4n) is 1.83. The second-order valence-corrected chi connectivity index (χ2v) is 5.21. The third kappa shape index (κ3) is 3.36. The largest absolute Gasteiger partial charge is 0.496 e. The lowest BCUT2D eigenvalue weighted by atomic mass is 10.1. The zero-order valence-corrected chi connectivity index (χ0v) is 12.8. The van der Waals surface area contributed by atoms with Gasteiger partial charge in [0, 0.05) is 10.7 Å². The summed E-state index contributed by atoms with van der Waals surface area (Å²) >= 11 is 3.35. The van der Waals surface area contributed by atoms with Gasteiger partial charge in [-0.2, -0.15) is 0 Å². The summed E-state index contributed by atoms with van der Waals surface area (Å²) in [7, 11) is 1.54. The van der Waals surface area contributed by atoms with Crippen LogP contribution in [0.3, 0.4) is 0 Å². The van der Waals surface area contributed by atoms with Crippen LogP contribution in [-0.2, 0) is 0 Å². The van der Waals surface area contributed by atoms with Crippen molar-refractivity contribution < 1.29 is 9.53 Å². The van der Waals surface area contributed by atoms with Crippen molar-refractivity contribution in [1.82, 2.24) is 10.3 Å². The van der Waals surface area contributed by atoms with Gasteiger partial charge in [0.2, 0.25) is 0 Å². The van der Waals surface area contributed by atoms with Gasteiger partial charge in [-0.05, 0) is 37.3 Å². The number of nitrogens with zero attached hydrogens (tertiary/aromatic N) is 1. The van der Waals surface area contributed by atoms with Gasteiger partial charge in [-0.25, -0.2) is 0 Å². The van der Waals surface area contributed by atoms with Crippen molar-refractivity contribution >= 4 is 21.8 Å². The van der Waals surface area contributed by atoms with E-state index >= 15 is 0 Å². The van der Waals surface area contributed by atoms with Gasteiger partial charge >= 0.3 is 0 Å². The average Bonchev–Trinajstić information content (AvgIpc) is 2.47. The second-order valence-electron chi connectivity index (χ2n) is 4.29. The van der Waals surface area contributed by atoms with Crippen LogP contribution in [0.1, 0.15) is 29.0 Å². The summed E-state index contributed by atoms with van der Waals surface area (Å²) in [6.07, 6.45) is 1.71. The van der Waals surface area contributed by atoms with Crippen molar-refractivity contribution in [2.75, 3.05) is 7.11 Å². The first-order valence-electron chi connectivity index (χ1n) is 6.17. The molecule has 0 aliphatic rings. The normalized spacial score (nSPS) is 11.8. The molecule has 0 radical (unpaired) electrons. The van der Waals surface area contributed by atoms with Crippen molar-refractivity contribution in [3.8, 4) is 5.75 Å². The van der Waals surface area contributed by atoms with Crippen LogP contribution in [0.2, 0.25) is 0 Å². The summed E-state index contributed by atoms with van der Waals surface area (Å²) in [5.41, 5.74) is 1.32. The van der Waals surface area contributed by atoms with Gasteiger partial charge in [0.25, 0.3) is 5.91 Å². The molecule has 1 heterocycles. The van der Waals surface area contributed by atoms with Crippen LogP contribution in [0, 0.1) is 0 Å². The summed E-state index contributed by atoms with van der Waals surface area (Å²) in [6, 6.07) is 10.7. The molecule has 104 valence electrons. The first kappa shape index (κ1) is 14.5. The van der Waals surface area contributed by atoms with E-state index in [1.165, 1.54) is 0 Å². The number of amides is 1. The number of hydrogen-bond donors (Lipinski definition) is 1. The number of carbonyl (C=O) groups is 1. The van der Waals surface area contributed by atoms with Crippen LogP contribution in [0.5, 0.6) is 5.75 Å². The lowest BCUT2D eigenvalue weighted by Crippen LogP contribution is -2.27. The Hall–Kier alpha value is -1.88. The van der Waals surface area contributed by atoms with E-state index in [0.29, 0.717) is 11.3 Å². The van der Waals surface area contributed by atoms with Crippen LogP contribution in [0.25, 0.3) is 0 Å². The maximum absolute atomic E-state index is 12.3. The number of ether oxygens (including phenoxy) is 1. The molecule has 1 aromatic carbocycles. The molecule has 1 N–H and O–H groups in total. The molecular weight excluding hydrogens is 320 g/mol. The van der Waals surface area contributed by atoms with Crippen LogP contribution in [0.15, 0.2) is 47.1 Å². The molecule has 1 aromatic heterocycles. The van der Waals surface area contributed by atoms with Crippen LogP contribution in [-0.4, -0.2) is 18.0 Å². The van der Waals surface area contributed by atoms with E-state index in [-0.39, 0.29) is 11.9 Å². The van der Waals surface area contributed by atoms with Gasteiger partial charge in [-0.3, -0.25) is 9.78 Å². The summed E-state index contributed by atoms with van der Waals surface area (Å²) in [6.45, 7) is 1.89. The minimum Gasteiger partial charge on any atom is -0.496 e. The highest BCUT2D eigenvalue weighted by Gasteiger charge is 2.16. The first-order valence-corrected chi connectivity index (χ1v) is 6.96. The quantitative estimate of drug-likeness (QED) is 0.932. The number of rotatable bonds is 4. The van der Waals surface area contributed by atoms with Crippen molar-refractivity contribution in [1.29, 1.82) is 0 Å². The molecule has 0 aliphatic heterocycles. The zero-order valence-electron chi connectivity index (χ0n) is 11.3. The summed E-state index contributed by atoms with van der Waals surface area (Å²) in [5, 5.41) is 2.91. The number of methoxy groups -OCH3 is 1. The third-order valence-corrected chi connectivity index (χ3v) is 3.38. The monoisotopic (exact) mass is 334 g/mol. The Morgan fingerprint density at radius 3 is 2.80 bits per heavy atom. The number of hydrogen-bond acceptors (Lipinski definition) is 3. The smallest absolute Gasteiger partial charge is 0.255 e. The fourth-order valence-corrected chi connectivity index (χ4v) is 2.17. The molecule has 20 heavy (non-hydrogen) atoms. The van der Waals surface area contributed by atoms with Gasteiger partial charge in [0.05, 0.1) is 24.4 Å². The van der Waals surface area contributed by atoms with Gasteiger partial charge in [-0.1, -0.05) is 22.0 Å². The van der Waals surface area contributed by atoms with Crippen LogP contribution < -0.4 is 10.1 Å². The Kier molecular flexibility index (Phi) is 4.74. The topological polar surface area (TPSA) is 51.2 Å². The maximum atomic E-state index is 12.3. The summed E-state index contributed by atoms with van der Waals surface area (Å²) < 4.78 is 6.09. The van der Waals surface area contributed by atoms with E-state index in [0.717, 1.165) is 10.2 Å². The van der Waals surface area contributed by atoms with E-state index in [4.69, 9.17) is 4.74 Å². The number of benzene rings is 1. The Morgan fingerprint density at radius 1 is 1.35 bits per heavy atom. The van der Waals surface area contributed by atoms with Crippen molar-refractivity contribution in [2.24, 2.45) is 0 Å². The highest BCUT2D eigenvalue weighted by atomic mass is 79.9. The molecule has 2 aromatic rings. The Bertz CT molecular complexity index is 602. The Balaban J connectivity index is 2.16. The molecule has 2 rings (SSSR count). The predicted octanol–water partition coefficient (Wildman–Crippen LogP) is 3.34. The second kappa shape index (κ2) is 6.52. The van der Waals surface area contributed by atoms with E-state index in [2.05, 4.69) is 26.2 Å². The van der Waals surface area contributed by atoms with Crippen molar-refractivity contribution in [3.05, 3.63) is 58.3 Å². The third-order valence-electron chi connectivity index (χ3n) is 2.89. The van der Waals surface area contributed by atoms with Crippen LogP contribution in [0.4, 0.5) is 0 Å². The van der Waals surface area contributed by atoms with Gasteiger partial charge in [0.15, 0.2) is 0 Å². The lowest BCUT2D eigenvalue weighted by molar-refractivity contribution is 0.0936. The number of nitrogens with one attached hydrogen (secondary N) is 1. The highest BCUT2D eigenvalue weighted by molar-refractivity contribution is 9.10. The van der Waals surface area contributed by atoms with Gasteiger partial charge in [-0.15, -0.1) is 0 Å². The molecular formula is C15H15BrN2O2. The molecule has 0 saturated heterocycles. The molecule has 5 heteroatoms. The Labute approximate surface area is 126 Å². The standard InChI is InChI=1S/C15H15BrN2O2/c1-10(13-5-3-4-8-17-13)18-15(19)12-7-6-11(16)9-14(12)20-2/h3-10H,1-2H3,(H,18,19). The number of pyridine rings is 1. The van der Waals surface area contributed by atoms with Crippen LogP contribution >= 0.6 is 15.9 Å². The van der Waals surface area contributed by atoms with E-state index < -0.39 is 0 Å². The van der Waals surface area contributed by atoms with E-state index in [1.807, 2.05) is 31.2 Å². The molecule has 0 spiro atoms. The number of aromatic nitrogens is 1. The van der Waals surface area contributed by atoms with E-state index in [9.17, 15) is 4.79 Å². The molecule has 4 nitrogen and oxygen atoms in total. The van der Waals surface area contributed by atoms with Crippen molar-refractivity contribution in [3.63, 3.8) is 0 Å². The number of carbonyl (C=O) groups excluding carboxylic acids is 1. The molecule has 0 fully saturated rings. The predicted molar refractivity (Wildman–Crippen MR) is 80.8 cm³/mol. The molecule has 0 aliphatic carbocycles. The van der Waals surface area contributed by atoms with Crippen molar-refractivity contribution in [2.45, 2.75) is 13.0 Å². The molecule has 0 saturated carbocycles. The molecule has 1 atom stereocenters. The fraction of sp³-hybridized carbons (Fsp3) is 0.200. The lowest BCUT2D eigenvalue weighted by Gasteiger charge is -2.15. The van der Waals surface area contributed by atoms with Gasteiger partial charge < -0.3 is 10.1 Å². The average molecular weight is 335 g/mol. The maximum Gasteiger partial charge on any atom is 0.255 e. The molecule has 1 unspecified atom stereocenters. The number of halogens is 1. The van der Waals surface area contributed by atoms with Gasteiger partial charge in [0.1, 0.15) is 5.75 Å². The minimum atomic E-state index is -0.187. The minimum absolute atomic E-state index is 0.169. The summed E-state index contributed by atoms with van der Waals surface area (Å²) in [5.74, 6) is 0.345. The SMILES string of the molecule is COc1cc(Br)ccc1C(=O)NC(C)c1ccccn1. The Morgan fingerprint density at radius 2 is 2.15 bits per heavy atom. The van der Waals surface area contributed by atoms with E-state index in [1.54, 1.807) is 25.4 Å².